The van der Waals surface area contributed by atoms with Crippen molar-refractivity contribution in [2.24, 2.45) is 5.73 Å². The monoisotopic (exact) mass is 390 g/mol. The number of nitrogens with zero attached hydrogens (tertiary/aromatic N) is 1. The summed E-state index contributed by atoms with van der Waals surface area (Å²) in [6.45, 7) is 1.69. The van der Waals surface area contributed by atoms with Crippen LogP contribution in [0.5, 0.6) is 0 Å². The van der Waals surface area contributed by atoms with Crippen LogP contribution in [0.25, 0.3) is 0 Å². The summed E-state index contributed by atoms with van der Waals surface area (Å²) >= 11 is 0. The van der Waals surface area contributed by atoms with Crippen molar-refractivity contribution in [1.29, 1.82) is 0 Å². The molecule has 1 atom stereocenters. The summed E-state index contributed by atoms with van der Waals surface area (Å²) in [7, 11) is -0.758. The summed E-state index contributed by atoms with van der Waals surface area (Å²) in [4.78, 5) is 23.6. The normalized spacial score (nSPS) is 12.4. The maximum atomic E-state index is 12.5. The van der Waals surface area contributed by atoms with Gasteiger partial charge in [0.05, 0.1) is 4.90 Å². The number of imide groups is 1. The third-order valence-corrected chi connectivity index (χ3v) is 5.86. The Kier molecular flexibility index (Phi) is 6.19. The Morgan fingerprint density at radius 2 is 1.70 bits per heavy atom. The number of hydrogen-bond acceptors (Lipinski definition) is 5. The van der Waals surface area contributed by atoms with E-state index in [1.54, 1.807) is 49.4 Å². The predicted molar refractivity (Wildman–Crippen MR) is 103 cm³/mol. The third kappa shape index (κ3) is 4.83. The van der Waals surface area contributed by atoms with Gasteiger partial charge in [-0.05, 0) is 30.2 Å². The number of nitrogens with two attached hydrogens (primary N) is 1. The maximum absolute atomic E-state index is 12.5. The number of benzene rings is 2. The molecule has 0 heterocycles. The molecule has 0 aliphatic carbocycles. The average Bonchev–Trinajstić information content (AvgIpc) is 2.60. The molecule has 27 heavy (non-hydrogen) atoms. The van der Waals surface area contributed by atoms with Crippen molar-refractivity contribution in [3.63, 3.8) is 0 Å². The Morgan fingerprint density at radius 3 is 2.26 bits per heavy atom. The first-order chi connectivity index (χ1) is 12.6. The number of nitrogens with one attached hydrogen (secondary N) is 2. The fourth-order valence-electron chi connectivity index (χ4n) is 2.47. The molecule has 3 amide bonds. The SMILES string of the molecule is Cc1ccc(N[C@H](C(=O)NC(N)=O)c2ccccc2)cc1S(=O)(=O)N(C)C. The van der Waals surface area contributed by atoms with E-state index in [2.05, 4.69) is 5.32 Å². The summed E-state index contributed by atoms with van der Waals surface area (Å²) in [5.41, 5.74) is 6.63. The van der Waals surface area contributed by atoms with E-state index in [1.807, 2.05) is 5.32 Å². The van der Waals surface area contributed by atoms with Gasteiger partial charge >= 0.3 is 6.03 Å². The fourth-order valence-corrected chi connectivity index (χ4v) is 3.61. The second kappa shape index (κ2) is 8.19. The Balaban J connectivity index is 2.44. The van der Waals surface area contributed by atoms with Gasteiger partial charge in [-0.25, -0.2) is 17.5 Å². The molecule has 0 aromatic heterocycles. The number of sulfonamides is 1. The van der Waals surface area contributed by atoms with Gasteiger partial charge in [0.25, 0.3) is 5.91 Å². The van der Waals surface area contributed by atoms with Gasteiger partial charge in [-0.2, -0.15) is 0 Å². The van der Waals surface area contributed by atoms with Crippen LogP contribution >= 0.6 is 0 Å². The Morgan fingerprint density at radius 1 is 1.07 bits per heavy atom. The lowest BCUT2D eigenvalue weighted by molar-refractivity contribution is -0.120. The van der Waals surface area contributed by atoms with Gasteiger partial charge in [-0.3, -0.25) is 10.1 Å². The minimum Gasteiger partial charge on any atom is -0.370 e. The minimum absolute atomic E-state index is 0.125. The van der Waals surface area contributed by atoms with E-state index in [9.17, 15) is 18.0 Å². The van der Waals surface area contributed by atoms with Gasteiger partial charge in [-0.1, -0.05) is 36.4 Å². The van der Waals surface area contributed by atoms with Crippen LogP contribution in [0.4, 0.5) is 10.5 Å². The van der Waals surface area contributed by atoms with Gasteiger partial charge < -0.3 is 11.1 Å². The number of urea groups is 1. The van der Waals surface area contributed by atoms with Crippen molar-refractivity contribution < 1.29 is 18.0 Å². The molecular formula is C18H22N4O4S. The van der Waals surface area contributed by atoms with Crippen molar-refractivity contribution >= 4 is 27.6 Å². The molecule has 144 valence electrons. The smallest absolute Gasteiger partial charge is 0.318 e. The van der Waals surface area contributed by atoms with Crippen molar-refractivity contribution in [1.82, 2.24) is 9.62 Å². The summed E-state index contributed by atoms with van der Waals surface area (Å²) < 4.78 is 26.1. The van der Waals surface area contributed by atoms with Gasteiger partial charge in [0.1, 0.15) is 6.04 Å². The number of rotatable bonds is 6. The van der Waals surface area contributed by atoms with Crippen LogP contribution in [-0.4, -0.2) is 38.8 Å². The van der Waals surface area contributed by atoms with Crippen LogP contribution in [0.1, 0.15) is 17.2 Å². The van der Waals surface area contributed by atoms with Crippen molar-refractivity contribution in [3.05, 3.63) is 59.7 Å². The third-order valence-electron chi connectivity index (χ3n) is 3.90. The topological polar surface area (TPSA) is 122 Å². The molecule has 2 rings (SSSR count). The highest BCUT2D eigenvalue weighted by molar-refractivity contribution is 7.89. The van der Waals surface area contributed by atoms with Gasteiger partial charge in [0.2, 0.25) is 10.0 Å². The van der Waals surface area contributed by atoms with E-state index in [4.69, 9.17) is 5.73 Å². The maximum Gasteiger partial charge on any atom is 0.318 e. The second-order valence-corrected chi connectivity index (χ2v) is 8.23. The van der Waals surface area contributed by atoms with E-state index in [1.165, 1.54) is 20.2 Å². The van der Waals surface area contributed by atoms with Gasteiger partial charge in [0, 0.05) is 19.8 Å². The van der Waals surface area contributed by atoms with Crippen molar-refractivity contribution in [2.75, 3.05) is 19.4 Å². The van der Waals surface area contributed by atoms with E-state index in [-0.39, 0.29) is 4.90 Å². The summed E-state index contributed by atoms with van der Waals surface area (Å²) in [5.74, 6) is -0.647. The highest BCUT2D eigenvalue weighted by Gasteiger charge is 2.24. The van der Waals surface area contributed by atoms with E-state index >= 15 is 0 Å². The summed E-state index contributed by atoms with van der Waals surface area (Å²) in [6, 6.07) is 11.6. The molecule has 2 aromatic rings. The van der Waals surface area contributed by atoms with Crippen LogP contribution in [0.3, 0.4) is 0 Å². The number of carbonyl (C=O) groups excluding carboxylic acids is 2. The van der Waals surface area contributed by atoms with E-state index < -0.39 is 28.0 Å². The Hall–Kier alpha value is -2.91. The highest BCUT2D eigenvalue weighted by atomic mass is 32.2. The number of aryl methyl sites for hydroxylation is 1. The number of anilines is 1. The van der Waals surface area contributed by atoms with Crippen LogP contribution < -0.4 is 16.4 Å². The molecule has 0 spiro atoms. The molecule has 9 heteroatoms. The van der Waals surface area contributed by atoms with E-state index in [0.717, 1.165) is 4.31 Å². The molecule has 0 saturated carbocycles. The molecule has 8 nitrogen and oxygen atoms in total. The molecule has 4 N–H and O–H groups in total. The van der Waals surface area contributed by atoms with Gasteiger partial charge in [-0.15, -0.1) is 0 Å². The van der Waals surface area contributed by atoms with Gasteiger partial charge in [0.15, 0.2) is 0 Å². The van der Waals surface area contributed by atoms with Crippen LogP contribution in [0.15, 0.2) is 53.4 Å². The molecule has 0 bridgehead atoms. The number of hydrogen-bond donors (Lipinski definition) is 3. The zero-order valence-electron chi connectivity index (χ0n) is 15.3. The number of amides is 3. The lowest BCUT2D eigenvalue weighted by Gasteiger charge is -2.21. The fraction of sp³-hybridized carbons (Fsp3) is 0.222. The predicted octanol–water partition coefficient (Wildman–Crippen LogP) is 1.59. The second-order valence-electron chi connectivity index (χ2n) is 6.11. The summed E-state index contributed by atoms with van der Waals surface area (Å²) in [6.07, 6.45) is 0. The molecule has 0 radical (unpaired) electrons. The van der Waals surface area contributed by atoms with E-state index in [0.29, 0.717) is 16.8 Å². The number of primary amides is 1. The first-order valence-corrected chi connectivity index (χ1v) is 9.52. The molecule has 0 aliphatic heterocycles. The summed E-state index contributed by atoms with van der Waals surface area (Å²) in [5, 5.41) is 5.02. The minimum atomic E-state index is -3.65. The average molecular weight is 390 g/mol. The molecule has 2 aromatic carbocycles. The van der Waals surface area contributed by atoms with Crippen molar-refractivity contribution in [3.8, 4) is 0 Å². The van der Waals surface area contributed by atoms with Crippen molar-refractivity contribution in [2.45, 2.75) is 17.9 Å². The molecule has 0 fully saturated rings. The quantitative estimate of drug-likeness (QED) is 0.691. The van der Waals surface area contributed by atoms with Crippen LogP contribution in [-0.2, 0) is 14.8 Å². The zero-order chi connectivity index (χ0) is 20.2. The van der Waals surface area contributed by atoms with Crippen LogP contribution in [0, 0.1) is 6.92 Å². The lowest BCUT2D eigenvalue weighted by atomic mass is 10.1. The van der Waals surface area contributed by atoms with Crippen LogP contribution in [0.2, 0.25) is 0 Å². The standard InChI is InChI=1S/C18H22N4O4S/c1-12-9-10-14(11-15(12)27(25,26)22(2)3)20-16(17(23)21-18(19)24)13-7-5-4-6-8-13/h4-11,16,20H,1-3H3,(H3,19,21,23,24)/t16-/m0/s1. The number of carbonyl (C=O) groups is 2. The largest absolute Gasteiger partial charge is 0.370 e. The molecule has 0 aliphatic rings. The highest BCUT2D eigenvalue weighted by Crippen LogP contribution is 2.26. The Bertz CT molecular complexity index is 943. The first kappa shape index (κ1) is 20.4. The molecular weight excluding hydrogens is 368 g/mol. The molecule has 0 saturated heterocycles. The lowest BCUT2D eigenvalue weighted by Crippen LogP contribution is -2.40. The Labute approximate surface area is 158 Å². The zero-order valence-corrected chi connectivity index (χ0v) is 16.1. The first-order valence-electron chi connectivity index (χ1n) is 8.08. The molecule has 0 unspecified atom stereocenters.